The molecule has 0 aliphatic carbocycles. The average molecular weight is 196 g/mol. The van der Waals surface area contributed by atoms with Gasteiger partial charge in [-0.15, -0.1) is 0 Å². The summed E-state index contributed by atoms with van der Waals surface area (Å²) in [4.78, 5) is 7.95. The number of hydrogen-bond donors (Lipinski definition) is 3. The monoisotopic (exact) mass is 196 g/mol. The number of rotatable bonds is 4. The van der Waals surface area contributed by atoms with Crippen molar-refractivity contribution in [3.63, 3.8) is 0 Å². The molecule has 2 atom stereocenters. The molecule has 0 aromatic carbocycles. The van der Waals surface area contributed by atoms with Crippen LogP contribution in [-0.2, 0) is 0 Å². The first-order valence-electron chi connectivity index (χ1n) is 4.60. The third-order valence-electron chi connectivity index (χ3n) is 1.76. The Morgan fingerprint density at radius 3 is 2.64 bits per heavy atom. The Morgan fingerprint density at radius 2 is 2.14 bits per heavy atom. The SMILES string of the molecule is CC(O)CC(C)Nc1cnc(N)cn1. The molecule has 1 rings (SSSR count). The van der Waals surface area contributed by atoms with Gasteiger partial charge in [-0.3, -0.25) is 0 Å². The van der Waals surface area contributed by atoms with Crippen molar-refractivity contribution in [2.75, 3.05) is 11.1 Å². The number of nitrogens with zero attached hydrogens (tertiary/aromatic N) is 2. The standard InChI is InChI=1S/C9H16N4O/c1-6(3-7(2)14)13-9-5-11-8(10)4-12-9/h4-7,14H,3H2,1-2H3,(H2,10,11)(H,12,13). The minimum atomic E-state index is -0.320. The van der Waals surface area contributed by atoms with Gasteiger partial charge in [0.05, 0.1) is 18.5 Å². The van der Waals surface area contributed by atoms with Crippen molar-refractivity contribution in [3.05, 3.63) is 12.4 Å². The van der Waals surface area contributed by atoms with Crippen LogP contribution in [0.15, 0.2) is 12.4 Å². The second kappa shape index (κ2) is 4.76. The summed E-state index contributed by atoms with van der Waals surface area (Å²) in [5.74, 6) is 1.08. The van der Waals surface area contributed by atoms with Gasteiger partial charge in [0, 0.05) is 6.04 Å². The maximum Gasteiger partial charge on any atom is 0.144 e. The zero-order valence-corrected chi connectivity index (χ0v) is 8.44. The van der Waals surface area contributed by atoms with E-state index in [-0.39, 0.29) is 12.1 Å². The van der Waals surface area contributed by atoms with Crippen LogP contribution < -0.4 is 11.1 Å². The molecule has 1 heterocycles. The highest BCUT2D eigenvalue weighted by Crippen LogP contribution is 2.06. The van der Waals surface area contributed by atoms with Gasteiger partial charge in [-0.05, 0) is 20.3 Å². The first-order chi connectivity index (χ1) is 6.58. The molecule has 0 radical (unpaired) electrons. The molecule has 5 nitrogen and oxygen atoms in total. The van der Waals surface area contributed by atoms with Crippen LogP contribution in [0.25, 0.3) is 0 Å². The molecular weight excluding hydrogens is 180 g/mol. The van der Waals surface area contributed by atoms with Crippen LogP contribution in [0.2, 0.25) is 0 Å². The van der Waals surface area contributed by atoms with Gasteiger partial charge in [0.15, 0.2) is 0 Å². The fourth-order valence-corrected chi connectivity index (χ4v) is 1.24. The lowest BCUT2D eigenvalue weighted by atomic mass is 10.1. The van der Waals surface area contributed by atoms with Gasteiger partial charge >= 0.3 is 0 Å². The number of nitrogen functional groups attached to an aromatic ring is 1. The summed E-state index contributed by atoms with van der Waals surface area (Å²) < 4.78 is 0. The Balaban J connectivity index is 2.47. The van der Waals surface area contributed by atoms with Crippen molar-refractivity contribution in [3.8, 4) is 0 Å². The maximum absolute atomic E-state index is 9.15. The molecule has 0 amide bonds. The molecule has 2 unspecified atom stereocenters. The van der Waals surface area contributed by atoms with Gasteiger partial charge < -0.3 is 16.2 Å². The summed E-state index contributed by atoms with van der Waals surface area (Å²) in [6.07, 6.45) is 3.43. The minimum Gasteiger partial charge on any atom is -0.393 e. The first kappa shape index (κ1) is 10.7. The summed E-state index contributed by atoms with van der Waals surface area (Å²) in [5, 5.41) is 12.3. The molecular formula is C9H16N4O. The van der Waals surface area contributed by atoms with Crippen LogP contribution in [0.3, 0.4) is 0 Å². The lowest BCUT2D eigenvalue weighted by Gasteiger charge is -2.15. The van der Waals surface area contributed by atoms with Crippen molar-refractivity contribution in [2.45, 2.75) is 32.4 Å². The molecule has 1 aromatic rings. The van der Waals surface area contributed by atoms with Crippen LogP contribution in [0.1, 0.15) is 20.3 Å². The van der Waals surface area contributed by atoms with Crippen molar-refractivity contribution in [1.82, 2.24) is 9.97 Å². The number of aromatic nitrogens is 2. The first-order valence-corrected chi connectivity index (χ1v) is 4.60. The van der Waals surface area contributed by atoms with E-state index < -0.39 is 0 Å². The van der Waals surface area contributed by atoms with Crippen LogP contribution in [0, 0.1) is 0 Å². The quantitative estimate of drug-likeness (QED) is 0.657. The van der Waals surface area contributed by atoms with E-state index >= 15 is 0 Å². The van der Waals surface area contributed by atoms with Crippen molar-refractivity contribution in [2.24, 2.45) is 0 Å². The van der Waals surface area contributed by atoms with E-state index in [1.807, 2.05) is 6.92 Å². The summed E-state index contributed by atoms with van der Waals surface area (Å²) in [5.41, 5.74) is 5.40. The van der Waals surface area contributed by atoms with Crippen LogP contribution in [-0.4, -0.2) is 27.2 Å². The minimum absolute atomic E-state index is 0.160. The summed E-state index contributed by atoms with van der Waals surface area (Å²) in [7, 11) is 0. The predicted molar refractivity (Wildman–Crippen MR) is 55.8 cm³/mol. The molecule has 0 saturated heterocycles. The largest absolute Gasteiger partial charge is 0.393 e. The molecule has 0 saturated carbocycles. The zero-order chi connectivity index (χ0) is 10.6. The van der Waals surface area contributed by atoms with Gasteiger partial charge in [-0.2, -0.15) is 0 Å². The van der Waals surface area contributed by atoms with Gasteiger partial charge in [-0.25, -0.2) is 9.97 Å². The predicted octanol–water partition coefficient (Wildman–Crippen LogP) is 0.630. The normalized spacial score (nSPS) is 14.8. The Kier molecular flexibility index (Phi) is 3.64. The lowest BCUT2D eigenvalue weighted by molar-refractivity contribution is 0.179. The van der Waals surface area contributed by atoms with E-state index in [0.717, 1.165) is 0 Å². The Labute approximate surface area is 83.4 Å². The second-order valence-electron chi connectivity index (χ2n) is 3.46. The molecule has 78 valence electrons. The Morgan fingerprint density at radius 1 is 1.43 bits per heavy atom. The van der Waals surface area contributed by atoms with Gasteiger partial charge in [0.1, 0.15) is 11.6 Å². The Bertz CT molecular complexity index is 273. The van der Waals surface area contributed by atoms with E-state index in [1.165, 1.54) is 6.20 Å². The Hall–Kier alpha value is -1.36. The third kappa shape index (κ3) is 3.57. The fourth-order valence-electron chi connectivity index (χ4n) is 1.24. The summed E-state index contributed by atoms with van der Waals surface area (Å²) >= 11 is 0. The average Bonchev–Trinajstić information content (AvgIpc) is 2.07. The van der Waals surface area contributed by atoms with Crippen molar-refractivity contribution in [1.29, 1.82) is 0 Å². The highest BCUT2D eigenvalue weighted by atomic mass is 16.3. The molecule has 1 aromatic heterocycles. The van der Waals surface area contributed by atoms with Crippen LogP contribution >= 0.6 is 0 Å². The van der Waals surface area contributed by atoms with E-state index in [0.29, 0.717) is 18.1 Å². The van der Waals surface area contributed by atoms with E-state index in [1.54, 1.807) is 13.1 Å². The number of aliphatic hydroxyl groups excluding tert-OH is 1. The molecule has 0 fully saturated rings. The number of anilines is 2. The van der Waals surface area contributed by atoms with Gasteiger partial charge in [-0.1, -0.05) is 0 Å². The van der Waals surface area contributed by atoms with Crippen LogP contribution in [0.4, 0.5) is 11.6 Å². The summed E-state index contributed by atoms with van der Waals surface area (Å²) in [6.45, 7) is 3.73. The van der Waals surface area contributed by atoms with Gasteiger partial charge in [0.25, 0.3) is 0 Å². The number of nitrogens with two attached hydrogens (primary N) is 1. The molecule has 0 aliphatic rings. The third-order valence-corrected chi connectivity index (χ3v) is 1.76. The zero-order valence-electron chi connectivity index (χ0n) is 8.44. The topological polar surface area (TPSA) is 84.1 Å². The smallest absolute Gasteiger partial charge is 0.144 e. The fraction of sp³-hybridized carbons (Fsp3) is 0.556. The number of nitrogens with one attached hydrogen (secondary N) is 1. The molecule has 0 spiro atoms. The lowest BCUT2D eigenvalue weighted by Crippen LogP contribution is -2.21. The van der Waals surface area contributed by atoms with Gasteiger partial charge in [0.2, 0.25) is 0 Å². The highest BCUT2D eigenvalue weighted by Gasteiger charge is 2.06. The molecule has 0 aliphatic heterocycles. The van der Waals surface area contributed by atoms with E-state index in [9.17, 15) is 0 Å². The molecule has 14 heavy (non-hydrogen) atoms. The number of hydrogen-bond acceptors (Lipinski definition) is 5. The van der Waals surface area contributed by atoms with Crippen molar-refractivity contribution >= 4 is 11.6 Å². The van der Waals surface area contributed by atoms with E-state index in [4.69, 9.17) is 10.8 Å². The summed E-state index contributed by atoms with van der Waals surface area (Å²) in [6, 6.07) is 0.160. The van der Waals surface area contributed by atoms with Crippen molar-refractivity contribution < 1.29 is 5.11 Å². The van der Waals surface area contributed by atoms with Crippen LogP contribution in [0.5, 0.6) is 0 Å². The maximum atomic E-state index is 9.15. The highest BCUT2D eigenvalue weighted by molar-refractivity contribution is 5.36. The second-order valence-corrected chi connectivity index (χ2v) is 3.46. The molecule has 4 N–H and O–H groups in total. The molecule has 5 heteroatoms. The van der Waals surface area contributed by atoms with E-state index in [2.05, 4.69) is 15.3 Å². The number of aliphatic hydroxyl groups is 1. The molecule has 0 bridgehead atoms.